The summed E-state index contributed by atoms with van der Waals surface area (Å²) in [7, 11) is 0. The Morgan fingerprint density at radius 2 is 2.26 bits per heavy atom. The topological polar surface area (TPSA) is 78.8 Å². The molecule has 0 saturated heterocycles. The average Bonchev–Trinajstić information content (AvgIpc) is 2.83. The minimum Gasteiger partial charge on any atom is -0.478 e. The molecular weight excluding hydrogens is 292 g/mol. The minimum atomic E-state index is -1.04. The maximum Gasteiger partial charge on any atom is 0.335 e. The highest BCUT2D eigenvalue weighted by Gasteiger charge is 2.51. The zero-order valence-corrected chi connectivity index (χ0v) is 12.9. The summed E-state index contributed by atoms with van der Waals surface area (Å²) in [6, 6.07) is 0. The van der Waals surface area contributed by atoms with Gasteiger partial charge in [-0.2, -0.15) is 0 Å². The van der Waals surface area contributed by atoms with Crippen LogP contribution in [0.2, 0.25) is 0 Å². The number of aliphatic imine (C=N–C) groups is 1. The second kappa shape index (κ2) is 5.50. The summed E-state index contributed by atoms with van der Waals surface area (Å²) >= 11 is 0. The molecule has 0 aromatic carbocycles. The molecule has 0 aromatic rings. The van der Waals surface area contributed by atoms with Crippen LogP contribution in [0, 0.1) is 5.41 Å². The lowest BCUT2D eigenvalue weighted by atomic mass is 9.76. The third kappa shape index (κ3) is 2.48. The summed E-state index contributed by atoms with van der Waals surface area (Å²) in [6.07, 6.45) is 10.7. The molecule has 0 fully saturated rings. The zero-order chi connectivity index (χ0) is 16.6. The molecule has 1 amide bonds. The number of rotatable bonds is 3. The lowest BCUT2D eigenvalue weighted by molar-refractivity contribution is -0.132. The first-order valence-corrected chi connectivity index (χ1v) is 7.47. The smallest absolute Gasteiger partial charge is 0.335 e. The summed E-state index contributed by atoms with van der Waals surface area (Å²) in [6.45, 7) is 5.48. The van der Waals surface area contributed by atoms with Gasteiger partial charge in [-0.1, -0.05) is 24.3 Å². The summed E-state index contributed by atoms with van der Waals surface area (Å²) < 4.78 is 0. The van der Waals surface area contributed by atoms with Crippen molar-refractivity contribution in [2.24, 2.45) is 10.4 Å². The van der Waals surface area contributed by atoms with E-state index in [1.165, 1.54) is 6.08 Å². The number of hydrogen-bond donors (Lipinski definition) is 2. The van der Waals surface area contributed by atoms with Crippen LogP contribution in [0.1, 0.15) is 26.2 Å². The Balaban J connectivity index is 1.89. The number of nitrogens with zero attached hydrogens (tertiary/aromatic N) is 1. The highest BCUT2D eigenvalue weighted by Crippen LogP contribution is 2.52. The molecule has 0 saturated carbocycles. The van der Waals surface area contributed by atoms with Crippen LogP contribution < -0.4 is 5.32 Å². The number of carboxylic acid groups (broad SMARTS) is 1. The van der Waals surface area contributed by atoms with E-state index < -0.39 is 11.4 Å². The maximum atomic E-state index is 12.6. The molecule has 118 valence electrons. The number of carbonyl (C=O) groups excluding carboxylic acids is 1. The molecule has 5 nitrogen and oxygen atoms in total. The van der Waals surface area contributed by atoms with Gasteiger partial charge in [0.25, 0.3) is 0 Å². The molecule has 2 heterocycles. The molecule has 2 aliphatic heterocycles. The van der Waals surface area contributed by atoms with Crippen molar-refractivity contribution in [3.8, 4) is 0 Å². The Morgan fingerprint density at radius 1 is 1.48 bits per heavy atom. The van der Waals surface area contributed by atoms with Gasteiger partial charge in [0, 0.05) is 6.21 Å². The van der Waals surface area contributed by atoms with Gasteiger partial charge in [-0.3, -0.25) is 4.79 Å². The van der Waals surface area contributed by atoms with E-state index >= 15 is 0 Å². The van der Waals surface area contributed by atoms with Gasteiger partial charge in [0.2, 0.25) is 5.91 Å². The molecule has 5 heteroatoms. The van der Waals surface area contributed by atoms with E-state index in [0.29, 0.717) is 25.1 Å². The molecule has 1 aliphatic carbocycles. The number of allylic oxidation sites excluding steroid dienone is 5. The quantitative estimate of drug-likeness (QED) is 0.621. The number of amides is 1. The van der Waals surface area contributed by atoms with E-state index in [-0.39, 0.29) is 11.5 Å². The largest absolute Gasteiger partial charge is 0.478 e. The number of hydrogen-bond acceptors (Lipinski definition) is 3. The van der Waals surface area contributed by atoms with Crippen molar-refractivity contribution in [1.29, 1.82) is 0 Å². The number of aliphatic carboxylic acids is 1. The van der Waals surface area contributed by atoms with Gasteiger partial charge in [0.15, 0.2) is 0 Å². The molecule has 3 rings (SSSR count). The summed E-state index contributed by atoms with van der Waals surface area (Å²) in [5.74, 6) is -0.401. The van der Waals surface area contributed by atoms with Crippen LogP contribution in [0.5, 0.6) is 0 Å². The normalized spacial score (nSPS) is 26.2. The molecule has 23 heavy (non-hydrogen) atoms. The van der Waals surface area contributed by atoms with Crippen LogP contribution >= 0.6 is 0 Å². The van der Waals surface area contributed by atoms with Gasteiger partial charge in [0.1, 0.15) is 5.82 Å². The molecule has 0 bridgehead atoms. The molecule has 1 unspecified atom stereocenters. The van der Waals surface area contributed by atoms with E-state index in [0.717, 1.165) is 16.7 Å². The Bertz CT molecular complexity index is 765. The van der Waals surface area contributed by atoms with Crippen molar-refractivity contribution >= 4 is 18.1 Å². The predicted octanol–water partition coefficient (Wildman–Crippen LogP) is 2.65. The van der Waals surface area contributed by atoms with Crippen molar-refractivity contribution in [2.75, 3.05) is 0 Å². The van der Waals surface area contributed by atoms with Crippen molar-refractivity contribution in [1.82, 2.24) is 5.32 Å². The summed E-state index contributed by atoms with van der Waals surface area (Å²) in [4.78, 5) is 27.8. The monoisotopic (exact) mass is 310 g/mol. The minimum absolute atomic E-state index is 0.0187. The Morgan fingerprint density at radius 3 is 3.00 bits per heavy atom. The van der Waals surface area contributed by atoms with Gasteiger partial charge in [-0.05, 0) is 49.5 Å². The zero-order valence-electron chi connectivity index (χ0n) is 12.9. The van der Waals surface area contributed by atoms with Crippen LogP contribution in [-0.2, 0) is 9.59 Å². The van der Waals surface area contributed by atoms with Crippen molar-refractivity contribution < 1.29 is 14.7 Å². The number of nitrogens with one attached hydrogen (secondary N) is 1. The Labute approximate surface area is 134 Å². The fraction of sp³-hybridized carbons (Fsp3) is 0.278. The van der Waals surface area contributed by atoms with Crippen LogP contribution in [0.25, 0.3) is 0 Å². The number of carboxylic acids is 1. The van der Waals surface area contributed by atoms with Crippen LogP contribution in [0.4, 0.5) is 0 Å². The number of fused-ring (bicyclic) bond motifs is 1. The molecular formula is C18H18N2O3. The molecule has 1 atom stereocenters. The first kappa shape index (κ1) is 15.2. The third-order valence-corrected chi connectivity index (χ3v) is 4.65. The molecule has 1 spiro atoms. The molecule has 3 aliphatic rings. The SMILES string of the molecule is C=C(/C=C\C1=C(C)CC2(C1)C(=O)NC1=C2CC=CC=N1)C(=O)O. The van der Waals surface area contributed by atoms with Gasteiger partial charge in [-0.25, -0.2) is 9.79 Å². The van der Waals surface area contributed by atoms with E-state index in [9.17, 15) is 9.59 Å². The highest BCUT2D eigenvalue weighted by atomic mass is 16.4. The van der Waals surface area contributed by atoms with Crippen molar-refractivity contribution in [3.63, 3.8) is 0 Å². The standard InChI is InChI=1S/C18H18N2O3/c1-11(16(21)22)6-7-13-10-18(9-12(13)2)14-5-3-4-8-19-15(14)20-17(18)23/h3-4,6-8H,1,5,9-10H2,2H3,(H,20,23)(H,21,22)/b7-6-. The fourth-order valence-corrected chi connectivity index (χ4v) is 3.39. The van der Waals surface area contributed by atoms with Crippen LogP contribution in [0.3, 0.4) is 0 Å². The molecule has 0 radical (unpaired) electrons. The lowest BCUT2D eigenvalue weighted by Crippen LogP contribution is -2.32. The first-order chi connectivity index (χ1) is 10.9. The van der Waals surface area contributed by atoms with E-state index in [1.54, 1.807) is 12.3 Å². The molecule has 0 aromatic heterocycles. The maximum absolute atomic E-state index is 12.6. The Kier molecular flexibility index (Phi) is 3.64. The second-order valence-corrected chi connectivity index (χ2v) is 6.10. The van der Waals surface area contributed by atoms with Gasteiger partial charge >= 0.3 is 5.97 Å². The summed E-state index contributed by atoms with van der Waals surface area (Å²) in [5.41, 5.74) is 2.56. The average molecular weight is 310 g/mol. The van der Waals surface area contributed by atoms with Gasteiger partial charge < -0.3 is 10.4 Å². The first-order valence-electron chi connectivity index (χ1n) is 7.47. The van der Waals surface area contributed by atoms with Crippen LogP contribution in [-0.4, -0.2) is 23.2 Å². The van der Waals surface area contributed by atoms with Crippen molar-refractivity contribution in [3.05, 3.63) is 59.0 Å². The van der Waals surface area contributed by atoms with Gasteiger partial charge in [-0.15, -0.1) is 0 Å². The lowest BCUT2D eigenvalue weighted by Gasteiger charge is -2.24. The summed E-state index contributed by atoms with van der Waals surface area (Å²) in [5, 5.41) is 11.8. The predicted molar refractivity (Wildman–Crippen MR) is 87.7 cm³/mol. The van der Waals surface area contributed by atoms with E-state index in [2.05, 4.69) is 16.9 Å². The molecule has 2 N–H and O–H groups in total. The van der Waals surface area contributed by atoms with Gasteiger partial charge in [0.05, 0.1) is 11.0 Å². The third-order valence-electron chi connectivity index (χ3n) is 4.65. The van der Waals surface area contributed by atoms with Crippen molar-refractivity contribution in [2.45, 2.75) is 26.2 Å². The fourth-order valence-electron chi connectivity index (χ4n) is 3.39. The highest BCUT2D eigenvalue weighted by molar-refractivity contribution is 5.94. The Hall–Kier alpha value is -2.69. The van der Waals surface area contributed by atoms with E-state index in [1.807, 2.05) is 19.1 Å². The van der Waals surface area contributed by atoms with Crippen LogP contribution in [0.15, 0.2) is 64.0 Å². The second-order valence-electron chi connectivity index (χ2n) is 6.10. The van der Waals surface area contributed by atoms with E-state index in [4.69, 9.17) is 5.11 Å². The number of carbonyl (C=O) groups is 2.